The van der Waals surface area contributed by atoms with Crippen molar-refractivity contribution in [3.63, 3.8) is 0 Å². The Labute approximate surface area is 190 Å². The molecule has 2 aromatic heterocycles. The molecule has 0 bridgehead atoms. The summed E-state index contributed by atoms with van der Waals surface area (Å²) in [5, 5.41) is 4.28. The minimum atomic E-state index is -3.51. The lowest BCUT2D eigenvalue weighted by molar-refractivity contribution is 0.384. The number of hydrogen-bond donors (Lipinski definition) is 0. The average Bonchev–Trinajstić information content (AvgIpc) is 3.29. The van der Waals surface area contributed by atoms with Crippen molar-refractivity contribution in [3.8, 4) is 16.9 Å². The number of piperidine rings is 1. The zero-order valence-electron chi connectivity index (χ0n) is 17.5. The Kier molecular flexibility index (Phi) is 4.93. The summed E-state index contributed by atoms with van der Waals surface area (Å²) in [6, 6.07) is 8.05. The molecule has 7 nitrogen and oxygen atoms in total. The largest absolute Gasteiger partial charge is 0.371 e. The van der Waals surface area contributed by atoms with Gasteiger partial charge in [-0.05, 0) is 50.2 Å². The summed E-state index contributed by atoms with van der Waals surface area (Å²) in [6.07, 6.45) is 10.1. The molecule has 2 fully saturated rings. The van der Waals surface area contributed by atoms with Gasteiger partial charge in [0.05, 0.1) is 6.20 Å². The van der Waals surface area contributed by atoms with E-state index in [1.807, 2.05) is 12.3 Å². The lowest BCUT2D eigenvalue weighted by atomic mass is 9.92. The van der Waals surface area contributed by atoms with Crippen LogP contribution in [0.5, 0.6) is 0 Å². The molecule has 0 amide bonds. The molecule has 3 aromatic rings. The smallest absolute Gasteiger partial charge is 0.249 e. The number of benzene rings is 1. The van der Waals surface area contributed by atoms with Crippen molar-refractivity contribution < 1.29 is 8.42 Å². The zero-order valence-corrected chi connectivity index (χ0v) is 19.9. The number of halogens is 1. The first kappa shape index (κ1) is 20.6. The van der Waals surface area contributed by atoms with Gasteiger partial charge in [0.25, 0.3) is 0 Å². The standard InChI is InChI=1S/C22H24BrN5O2S/c1-15-11-20(26-21(25-15)31(2,29)30)28-14-16(13-24-28)18-4-3-17(23)12-19(18)27-9-7-22(5-6-22)8-10-27/h3-4,11-14H,5-10H2,1-2H3. The van der Waals surface area contributed by atoms with E-state index in [0.717, 1.165) is 34.9 Å². The van der Waals surface area contributed by atoms with E-state index in [4.69, 9.17) is 0 Å². The van der Waals surface area contributed by atoms with Crippen LogP contribution >= 0.6 is 15.9 Å². The minimum Gasteiger partial charge on any atom is -0.371 e. The molecule has 0 radical (unpaired) electrons. The molecule has 3 heterocycles. The minimum absolute atomic E-state index is 0.189. The Morgan fingerprint density at radius 2 is 1.81 bits per heavy atom. The Balaban J connectivity index is 1.50. The Morgan fingerprint density at radius 3 is 2.48 bits per heavy atom. The molecule has 2 aliphatic rings. The number of anilines is 1. The van der Waals surface area contributed by atoms with Crippen LogP contribution in [0.25, 0.3) is 16.9 Å². The van der Waals surface area contributed by atoms with Crippen LogP contribution in [0, 0.1) is 12.3 Å². The van der Waals surface area contributed by atoms with Gasteiger partial charge in [-0.15, -0.1) is 0 Å². The van der Waals surface area contributed by atoms with Gasteiger partial charge in [-0.1, -0.05) is 22.0 Å². The first-order chi connectivity index (χ1) is 14.7. The molecule has 1 spiro atoms. The third-order valence-corrected chi connectivity index (χ3v) is 7.70. The number of sulfone groups is 1. The van der Waals surface area contributed by atoms with Crippen LogP contribution < -0.4 is 4.90 Å². The van der Waals surface area contributed by atoms with Crippen LogP contribution in [0.2, 0.25) is 0 Å². The van der Waals surface area contributed by atoms with Gasteiger partial charge in [0.1, 0.15) is 0 Å². The quantitative estimate of drug-likeness (QED) is 0.498. The van der Waals surface area contributed by atoms with E-state index < -0.39 is 9.84 Å². The van der Waals surface area contributed by atoms with Crippen molar-refractivity contribution in [3.05, 3.63) is 46.8 Å². The summed E-state index contributed by atoms with van der Waals surface area (Å²) in [7, 11) is -3.51. The van der Waals surface area contributed by atoms with Crippen molar-refractivity contribution in [1.29, 1.82) is 0 Å². The fourth-order valence-electron chi connectivity index (χ4n) is 4.30. The van der Waals surface area contributed by atoms with E-state index >= 15 is 0 Å². The summed E-state index contributed by atoms with van der Waals surface area (Å²) in [4.78, 5) is 10.7. The molecule has 31 heavy (non-hydrogen) atoms. The second kappa shape index (κ2) is 7.41. The molecule has 1 saturated heterocycles. The third-order valence-electron chi connectivity index (χ3n) is 6.36. The fraction of sp³-hybridized carbons (Fsp3) is 0.409. The Morgan fingerprint density at radius 1 is 1.06 bits per heavy atom. The first-order valence-corrected chi connectivity index (χ1v) is 13.1. The van der Waals surface area contributed by atoms with Crippen molar-refractivity contribution in [2.24, 2.45) is 5.41 Å². The van der Waals surface area contributed by atoms with Gasteiger partial charge in [-0.2, -0.15) is 10.1 Å². The van der Waals surface area contributed by atoms with Crippen molar-refractivity contribution in [2.75, 3.05) is 24.2 Å². The van der Waals surface area contributed by atoms with Gasteiger partial charge in [-0.25, -0.2) is 18.1 Å². The van der Waals surface area contributed by atoms with Gasteiger partial charge in [0, 0.05) is 58.6 Å². The highest BCUT2D eigenvalue weighted by Crippen LogP contribution is 2.54. The first-order valence-electron chi connectivity index (χ1n) is 10.4. The lowest BCUT2D eigenvalue weighted by Gasteiger charge is -2.35. The van der Waals surface area contributed by atoms with Gasteiger partial charge in [0.2, 0.25) is 15.0 Å². The molecule has 0 atom stereocenters. The van der Waals surface area contributed by atoms with E-state index in [1.165, 1.54) is 31.4 Å². The maximum Gasteiger partial charge on any atom is 0.249 e. The summed E-state index contributed by atoms with van der Waals surface area (Å²) in [5.74, 6) is 0.437. The second-order valence-corrected chi connectivity index (χ2v) is 11.6. The van der Waals surface area contributed by atoms with Crippen LogP contribution in [0.1, 0.15) is 31.4 Å². The molecule has 0 N–H and O–H groups in total. The van der Waals surface area contributed by atoms with Gasteiger partial charge < -0.3 is 4.90 Å². The summed E-state index contributed by atoms with van der Waals surface area (Å²) >= 11 is 3.63. The number of hydrogen-bond acceptors (Lipinski definition) is 6. The number of aromatic nitrogens is 4. The molecule has 5 rings (SSSR count). The number of rotatable bonds is 4. The van der Waals surface area contributed by atoms with E-state index in [-0.39, 0.29) is 5.16 Å². The maximum atomic E-state index is 11.9. The highest BCUT2D eigenvalue weighted by atomic mass is 79.9. The maximum absolute atomic E-state index is 11.9. The van der Waals surface area contributed by atoms with E-state index in [9.17, 15) is 8.42 Å². The monoisotopic (exact) mass is 501 g/mol. The molecular weight excluding hydrogens is 478 g/mol. The molecule has 1 saturated carbocycles. The zero-order chi connectivity index (χ0) is 21.8. The van der Waals surface area contributed by atoms with E-state index in [0.29, 0.717) is 16.9 Å². The molecule has 1 aliphatic heterocycles. The molecule has 1 aliphatic carbocycles. The number of nitrogens with zero attached hydrogens (tertiary/aromatic N) is 5. The van der Waals surface area contributed by atoms with Crippen molar-refractivity contribution in [2.45, 2.75) is 37.8 Å². The molecule has 1 aromatic carbocycles. The van der Waals surface area contributed by atoms with E-state index in [1.54, 1.807) is 23.9 Å². The molecule has 162 valence electrons. The summed E-state index contributed by atoms with van der Waals surface area (Å²) < 4.78 is 26.5. The van der Waals surface area contributed by atoms with Crippen LogP contribution in [0.3, 0.4) is 0 Å². The summed E-state index contributed by atoms with van der Waals surface area (Å²) in [5.41, 5.74) is 4.46. The lowest BCUT2D eigenvalue weighted by Crippen LogP contribution is -2.34. The van der Waals surface area contributed by atoms with Gasteiger partial charge >= 0.3 is 0 Å². The fourth-order valence-corrected chi connectivity index (χ4v) is 5.22. The highest BCUT2D eigenvalue weighted by molar-refractivity contribution is 9.10. The number of aryl methyl sites for hydroxylation is 1. The van der Waals surface area contributed by atoms with Crippen molar-refractivity contribution >= 4 is 31.5 Å². The van der Waals surface area contributed by atoms with Gasteiger partial charge in [0.15, 0.2) is 5.82 Å². The van der Waals surface area contributed by atoms with Crippen LogP contribution in [0.15, 0.2) is 46.3 Å². The Hall–Kier alpha value is -2.26. The average molecular weight is 502 g/mol. The van der Waals surface area contributed by atoms with Crippen LogP contribution in [-0.2, 0) is 9.84 Å². The second-order valence-electron chi connectivity index (χ2n) is 8.74. The summed E-state index contributed by atoms with van der Waals surface area (Å²) in [6.45, 7) is 3.89. The molecular formula is C22H24BrN5O2S. The Bertz CT molecular complexity index is 1260. The van der Waals surface area contributed by atoms with E-state index in [2.05, 4.69) is 48.0 Å². The molecule has 9 heteroatoms. The predicted octanol–water partition coefficient (Wildman–Crippen LogP) is 4.18. The highest BCUT2D eigenvalue weighted by Gasteiger charge is 2.44. The third kappa shape index (κ3) is 4.13. The van der Waals surface area contributed by atoms with Crippen molar-refractivity contribution in [1.82, 2.24) is 19.7 Å². The molecule has 0 unspecified atom stereocenters. The topological polar surface area (TPSA) is 81.0 Å². The van der Waals surface area contributed by atoms with Gasteiger partial charge in [-0.3, -0.25) is 0 Å². The van der Waals surface area contributed by atoms with Crippen LogP contribution in [0.4, 0.5) is 5.69 Å². The normalized spacial score (nSPS) is 17.8. The SMILES string of the molecule is Cc1cc(-n2cc(-c3ccc(Br)cc3N3CCC4(CC3)CC4)cn2)nc(S(C)(=O)=O)n1. The predicted molar refractivity (Wildman–Crippen MR) is 123 cm³/mol. The van der Waals surface area contributed by atoms with Crippen LogP contribution in [-0.4, -0.2) is 47.5 Å².